The smallest absolute Gasteiger partial charge is 0.318 e. The minimum atomic E-state index is -0.765. The number of benzene rings is 3. The lowest BCUT2D eigenvalue weighted by molar-refractivity contribution is -0.394. The maximum Gasteiger partial charge on any atom is 0.318 e. The van der Waals surface area contributed by atoms with Gasteiger partial charge >= 0.3 is 5.69 Å². The van der Waals surface area contributed by atoms with Crippen molar-refractivity contribution in [3.8, 4) is 17.2 Å². The van der Waals surface area contributed by atoms with Crippen LogP contribution in [0.1, 0.15) is 11.1 Å². The van der Waals surface area contributed by atoms with Gasteiger partial charge in [0, 0.05) is 6.07 Å². The van der Waals surface area contributed by atoms with Crippen LogP contribution in [-0.2, 0) is 4.79 Å². The molecule has 0 atom stereocenters. The number of aryl methyl sites for hydroxylation is 1. The van der Waals surface area contributed by atoms with Gasteiger partial charge in [-0.25, -0.2) is 4.99 Å². The highest BCUT2D eigenvalue weighted by molar-refractivity contribution is 8.18. The first-order valence-electron chi connectivity index (χ1n) is 10.4. The zero-order chi connectivity index (χ0) is 25.8. The summed E-state index contributed by atoms with van der Waals surface area (Å²) in [6, 6.07) is 15.4. The van der Waals surface area contributed by atoms with Crippen molar-refractivity contribution in [1.29, 1.82) is 0 Å². The second-order valence-corrected chi connectivity index (χ2v) is 8.53. The number of non-ortho nitro benzene ring substituents is 1. The summed E-state index contributed by atoms with van der Waals surface area (Å²) in [6.07, 6.45) is 1.65. The number of carbonyl (C=O) groups is 1. The highest BCUT2D eigenvalue weighted by atomic mass is 32.2. The second-order valence-electron chi connectivity index (χ2n) is 7.50. The van der Waals surface area contributed by atoms with E-state index in [0.717, 1.165) is 23.8 Å². The quantitative estimate of drug-likeness (QED) is 0.251. The van der Waals surface area contributed by atoms with Crippen LogP contribution in [0.15, 0.2) is 70.6 Å². The molecule has 3 aromatic carbocycles. The lowest BCUT2D eigenvalue weighted by Crippen LogP contribution is -2.19. The molecule has 3 aromatic rings. The van der Waals surface area contributed by atoms with Gasteiger partial charge in [-0.2, -0.15) is 0 Å². The Bertz CT molecular complexity index is 1430. The Kier molecular flexibility index (Phi) is 6.97. The van der Waals surface area contributed by atoms with Crippen molar-refractivity contribution in [2.75, 3.05) is 7.11 Å². The number of nitro groups is 2. The molecule has 0 unspecified atom stereocenters. The Hall–Kier alpha value is -4.71. The summed E-state index contributed by atoms with van der Waals surface area (Å²) in [5.41, 5.74) is 1.45. The molecule has 0 saturated carbocycles. The zero-order valence-corrected chi connectivity index (χ0v) is 19.8. The van der Waals surface area contributed by atoms with Gasteiger partial charge in [0.15, 0.2) is 16.7 Å². The van der Waals surface area contributed by atoms with E-state index in [1.54, 1.807) is 18.2 Å². The molecule has 1 aliphatic rings. The number of aliphatic imine (C=N–C) groups is 1. The Morgan fingerprint density at radius 2 is 1.67 bits per heavy atom. The number of ether oxygens (including phenoxy) is 2. The van der Waals surface area contributed by atoms with Crippen molar-refractivity contribution in [1.82, 2.24) is 5.32 Å². The summed E-state index contributed by atoms with van der Waals surface area (Å²) in [5.74, 6) is -0.0833. The average Bonchev–Trinajstić information content (AvgIpc) is 3.19. The number of hydrogen-bond acceptors (Lipinski definition) is 9. The van der Waals surface area contributed by atoms with Crippen LogP contribution in [0.5, 0.6) is 17.2 Å². The number of amidine groups is 1. The first-order chi connectivity index (χ1) is 17.2. The van der Waals surface area contributed by atoms with Gasteiger partial charge in [0.05, 0.1) is 33.6 Å². The summed E-state index contributed by atoms with van der Waals surface area (Å²) < 4.78 is 11.0. The van der Waals surface area contributed by atoms with Gasteiger partial charge in [0.25, 0.3) is 11.6 Å². The Morgan fingerprint density at radius 1 is 0.944 bits per heavy atom. The molecule has 182 valence electrons. The van der Waals surface area contributed by atoms with E-state index in [1.807, 2.05) is 31.2 Å². The monoisotopic (exact) mass is 506 g/mol. The molecule has 12 heteroatoms. The number of nitro benzene ring substituents is 2. The van der Waals surface area contributed by atoms with E-state index >= 15 is 0 Å². The molecule has 0 spiro atoms. The molecule has 1 aliphatic heterocycles. The highest BCUT2D eigenvalue weighted by Crippen LogP contribution is 2.39. The number of rotatable bonds is 7. The van der Waals surface area contributed by atoms with Gasteiger partial charge in [-0.05, 0) is 60.7 Å². The van der Waals surface area contributed by atoms with Gasteiger partial charge in [0.1, 0.15) is 0 Å². The van der Waals surface area contributed by atoms with Crippen molar-refractivity contribution >= 4 is 46.0 Å². The zero-order valence-electron chi connectivity index (χ0n) is 19.0. The molecule has 1 amide bonds. The molecule has 11 nitrogen and oxygen atoms in total. The summed E-state index contributed by atoms with van der Waals surface area (Å²) in [4.78, 5) is 38.1. The molecule has 0 aliphatic carbocycles. The first-order valence-corrected chi connectivity index (χ1v) is 11.2. The van der Waals surface area contributed by atoms with E-state index in [-0.39, 0.29) is 23.2 Å². The van der Waals surface area contributed by atoms with Crippen LogP contribution in [0.3, 0.4) is 0 Å². The third kappa shape index (κ3) is 5.50. The van der Waals surface area contributed by atoms with Crippen LogP contribution in [0.2, 0.25) is 0 Å². The Morgan fingerprint density at radius 3 is 2.33 bits per heavy atom. The van der Waals surface area contributed by atoms with E-state index in [1.165, 1.54) is 24.9 Å². The van der Waals surface area contributed by atoms with Gasteiger partial charge in [-0.1, -0.05) is 23.8 Å². The number of hydrogen-bond donors (Lipinski definition) is 1. The first kappa shape index (κ1) is 24.4. The SMILES string of the molecule is COc1cc(/C=C2\SC(=Nc3ccc(C)cc3)NC2=O)ccc1Oc1ccc([N+](=O)[O-])cc1[N+](=O)[O-]. The fraction of sp³-hybridized carbons (Fsp3) is 0.0833. The average molecular weight is 506 g/mol. The standard InChI is InChI=1S/C24H18N4O7S/c1-14-3-6-16(7-4-14)25-24-26-23(29)22(36-24)12-15-5-9-20(21(11-15)34-2)35-19-10-8-17(27(30)31)13-18(19)28(32)33/h3-13H,1-2H3,(H,25,26,29)/b22-12-. The minimum absolute atomic E-state index is 0.154. The van der Waals surface area contributed by atoms with Crippen molar-refractivity contribution in [3.05, 3.63) is 96.9 Å². The van der Waals surface area contributed by atoms with Gasteiger partial charge in [-0.3, -0.25) is 25.0 Å². The molecule has 0 radical (unpaired) electrons. The molecule has 4 rings (SSSR count). The molecular weight excluding hydrogens is 488 g/mol. The minimum Gasteiger partial charge on any atom is -0.493 e. The van der Waals surface area contributed by atoms with Gasteiger partial charge in [0.2, 0.25) is 5.75 Å². The lowest BCUT2D eigenvalue weighted by atomic mass is 10.2. The third-order valence-corrected chi connectivity index (χ3v) is 5.88. The maximum absolute atomic E-state index is 12.4. The van der Waals surface area contributed by atoms with Crippen molar-refractivity contribution < 1.29 is 24.1 Å². The van der Waals surface area contributed by atoms with E-state index in [0.29, 0.717) is 21.3 Å². The number of nitrogens with zero attached hydrogens (tertiary/aromatic N) is 3. The number of thioether (sulfide) groups is 1. The molecule has 1 N–H and O–H groups in total. The van der Waals surface area contributed by atoms with Crippen LogP contribution in [0, 0.1) is 27.2 Å². The lowest BCUT2D eigenvalue weighted by Gasteiger charge is -2.11. The summed E-state index contributed by atoms with van der Waals surface area (Å²) in [5, 5.41) is 25.5. The molecule has 1 fully saturated rings. The van der Waals surface area contributed by atoms with E-state index in [4.69, 9.17) is 9.47 Å². The van der Waals surface area contributed by atoms with Crippen LogP contribution < -0.4 is 14.8 Å². The number of carbonyl (C=O) groups excluding carboxylic acids is 1. The fourth-order valence-corrected chi connectivity index (χ4v) is 4.04. The molecular formula is C24H18N4O7S. The molecule has 1 saturated heterocycles. The van der Waals surface area contributed by atoms with Crippen LogP contribution in [0.25, 0.3) is 6.08 Å². The van der Waals surface area contributed by atoms with Crippen LogP contribution >= 0.6 is 11.8 Å². The normalized spacial score (nSPS) is 15.1. The number of amides is 1. The predicted molar refractivity (Wildman–Crippen MR) is 135 cm³/mol. The van der Waals surface area contributed by atoms with Crippen LogP contribution in [-0.4, -0.2) is 28.0 Å². The predicted octanol–water partition coefficient (Wildman–Crippen LogP) is 5.50. The maximum atomic E-state index is 12.4. The third-order valence-electron chi connectivity index (χ3n) is 4.97. The summed E-state index contributed by atoms with van der Waals surface area (Å²) in [7, 11) is 1.40. The van der Waals surface area contributed by atoms with Crippen molar-refractivity contribution in [3.63, 3.8) is 0 Å². The number of methoxy groups -OCH3 is 1. The Labute approximate surface area is 208 Å². The molecule has 0 aromatic heterocycles. The van der Waals surface area contributed by atoms with Crippen molar-refractivity contribution in [2.24, 2.45) is 4.99 Å². The molecule has 36 heavy (non-hydrogen) atoms. The molecule has 1 heterocycles. The Balaban J connectivity index is 1.57. The van der Waals surface area contributed by atoms with Gasteiger partial charge in [-0.15, -0.1) is 0 Å². The highest BCUT2D eigenvalue weighted by Gasteiger charge is 2.25. The molecule has 0 bridgehead atoms. The fourth-order valence-electron chi connectivity index (χ4n) is 3.19. The van der Waals surface area contributed by atoms with E-state index in [9.17, 15) is 25.0 Å². The van der Waals surface area contributed by atoms with E-state index in [2.05, 4.69) is 10.3 Å². The topological polar surface area (TPSA) is 146 Å². The van der Waals surface area contributed by atoms with Crippen molar-refractivity contribution in [2.45, 2.75) is 6.92 Å². The van der Waals surface area contributed by atoms with Gasteiger partial charge < -0.3 is 14.8 Å². The van der Waals surface area contributed by atoms with E-state index < -0.39 is 21.2 Å². The van der Waals surface area contributed by atoms with Crippen LogP contribution in [0.4, 0.5) is 17.1 Å². The second kappa shape index (κ2) is 10.3. The largest absolute Gasteiger partial charge is 0.493 e. The summed E-state index contributed by atoms with van der Waals surface area (Å²) >= 11 is 1.19. The number of nitrogens with one attached hydrogen (secondary N) is 1. The summed E-state index contributed by atoms with van der Waals surface area (Å²) in [6.45, 7) is 1.97.